The average Bonchev–Trinajstić information content (AvgIpc) is 2.26. The minimum absolute atomic E-state index is 0.00862. The number of benzene rings is 1. The van der Waals surface area contributed by atoms with E-state index in [1.54, 1.807) is 0 Å². The number of carboxylic acid groups (broad SMARTS) is 1. The van der Waals surface area contributed by atoms with E-state index in [9.17, 15) is 18.4 Å². The number of likely N-dealkylation sites (tertiary alicyclic amines) is 1. The second kappa shape index (κ2) is 5.21. The Kier molecular flexibility index (Phi) is 3.64. The molecule has 1 aliphatic rings. The van der Waals surface area contributed by atoms with Crippen molar-refractivity contribution in [3.05, 3.63) is 29.8 Å². The summed E-state index contributed by atoms with van der Waals surface area (Å²) in [5.74, 6) is -2.55. The summed E-state index contributed by atoms with van der Waals surface area (Å²) in [6.45, 7) is 0.641. The average molecular weight is 270 g/mol. The zero-order valence-corrected chi connectivity index (χ0v) is 9.90. The highest BCUT2D eigenvalue weighted by atomic mass is 19.1. The van der Waals surface area contributed by atoms with Gasteiger partial charge in [0.25, 0.3) is 0 Å². The van der Waals surface area contributed by atoms with Crippen LogP contribution in [0.1, 0.15) is 6.42 Å². The summed E-state index contributed by atoms with van der Waals surface area (Å²) in [6, 6.07) is 2.34. The molecule has 19 heavy (non-hydrogen) atoms. The number of amides is 2. The molecule has 0 atom stereocenters. The molecule has 1 heterocycles. The molecule has 1 fully saturated rings. The van der Waals surface area contributed by atoms with Crippen LogP contribution in [-0.2, 0) is 4.79 Å². The summed E-state index contributed by atoms with van der Waals surface area (Å²) in [7, 11) is 0. The number of aliphatic carboxylic acids is 1. The van der Waals surface area contributed by atoms with E-state index in [0.717, 1.165) is 12.1 Å². The van der Waals surface area contributed by atoms with Crippen molar-refractivity contribution < 1.29 is 23.5 Å². The highest BCUT2D eigenvalue weighted by Crippen LogP contribution is 2.21. The molecule has 5 nitrogen and oxygen atoms in total. The Morgan fingerprint density at radius 2 is 2.05 bits per heavy atom. The Bertz CT molecular complexity index is 516. The van der Waals surface area contributed by atoms with Crippen molar-refractivity contribution in [1.82, 2.24) is 4.90 Å². The predicted molar refractivity (Wildman–Crippen MR) is 62.7 cm³/mol. The predicted octanol–water partition coefficient (Wildman–Crippen LogP) is 1.90. The lowest BCUT2D eigenvalue weighted by Gasteiger charge is -2.38. The first-order valence-corrected chi connectivity index (χ1v) is 5.68. The fourth-order valence-electron chi connectivity index (χ4n) is 1.90. The lowest BCUT2D eigenvalue weighted by Crippen LogP contribution is -2.52. The fourth-order valence-corrected chi connectivity index (χ4v) is 1.90. The molecule has 2 N–H and O–H groups in total. The van der Waals surface area contributed by atoms with Crippen LogP contribution in [0.25, 0.3) is 0 Å². The van der Waals surface area contributed by atoms with Gasteiger partial charge in [0.2, 0.25) is 0 Å². The SMILES string of the molecule is O=C(O)CC1CN(C(=O)Nc2ccc(F)cc2F)C1. The number of anilines is 1. The minimum atomic E-state index is -0.908. The zero-order valence-electron chi connectivity index (χ0n) is 9.90. The maximum atomic E-state index is 13.3. The number of carboxylic acids is 1. The first-order chi connectivity index (χ1) is 8.95. The van der Waals surface area contributed by atoms with E-state index < -0.39 is 23.6 Å². The number of hydrogen-bond acceptors (Lipinski definition) is 2. The molecule has 1 saturated heterocycles. The zero-order chi connectivity index (χ0) is 14.0. The van der Waals surface area contributed by atoms with Crippen LogP contribution in [0.2, 0.25) is 0 Å². The van der Waals surface area contributed by atoms with Crippen LogP contribution in [0.4, 0.5) is 19.3 Å². The van der Waals surface area contributed by atoms with Crippen LogP contribution in [0.5, 0.6) is 0 Å². The smallest absolute Gasteiger partial charge is 0.321 e. The normalized spacial score (nSPS) is 14.9. The minimum Gasteiger partial charge on any atom is -0.481 e. The second-order valence-corrected chi connectivity index (χ2v) is 4.42. The number of carbonyl (C=O) groups excluding carboxylic acids is 1. The van der Waals surface area contributed by atoms with E-state index in [4.69, 9.17) is 5.11 Å². The van der Waals surface area contributed by atoms with Crippen LogP contribution in [0.15, 0.2) is 18.2 Å². The maximum absolute atomic E-state index is 13.3. The molecule has 2 rings (SSSR count). The van der Waals surface area contributed by atoms with Gasteiger partial charge < -0.3 is 15.3 Å². The van der Waals surface area contributed by atoms with Crippen LogP contribution in [0.3, 0.4) is 0 Å². The van der Waals surface area contributed by atoms with Gasteiger partial charge in [0.15, 0.2) is 0 Å². The van der Waals surface area contributed by atoms with Gasteiger partial charge in [-0.25, -0.2) is 13.6 Å². The van der Waals surface area contributed by atoms with Crippen molar-refractivity contribution in [3.8, 4) is 0 Å². The van der Waals surface area contributed by atoms with Gasteiger partial charge in [0.05, 0.1) is 12.1 Å². The third-order valence-corrected chi connectivity index (χ3v) is 2.88. The molecule has 1 aromatic rings. The van der Waals surface area contributed by atoms with E-state index in [1.807, 2.05) is 0 Å². The molecule has 0 radical (unpaired) electrons. The second-order valence-electron chi connectivity index (χ2n) is 4.42. The van der Waals surface area contributed by atoms with Gasteiger partial charge in [-0.05, 0) is 12.1 Å². The quantitative estimate of drug-likeness (QED) is 0.881. The van der Waals surface area contributed by atoms with E-state index in [-0.39, 0.29) is 18.0 Å². The van der Waals surface area contributed by atoms with Gasteiger partial charge in [-0.3, -0.25) is 4.79 Å². The van der Waals surface area contributed by atoms with Crippen LogP contribution >= 0.6 is 0 Å². The van der Waals surface area contributed by atoms with Gasteiger partial charge >= 0.3 is 12.0 Å². The fraction of sp³-hybridized carbons (Fsp3) is 0.333. The van der Waals surface area contributed by atoms with Crippen LogP contribution < -0.4 is 5.32 Å². The Morgan fingerprint density at radius 3 is 2.63 bits per heavy atom. The van der Waals surface area contributed by atoms with Crippen molar-refractivity contribution in [1.29, 1.82) is 0 Å². The molecule has 0 aliphatic carbocycles. The van der Waals surface area contributed by atoms with E-state index in [1.165, 1.54) is 4.90 Å². The Balaban J connectivity index is 1.87. The number of nitrogens with one attached hydrogen (secondary N) is 1. The molecular formula is C12H12F2N2O3. The number of halogens is 2. The number of urea groups is 1. The first-order valence-electron chi connectivity index (χ1n) is 5.68. The highest BCUT2D eigenvalue weighted by Gasteiger charge is 2.32. The molecule has 7 heteroatoms. The number of carbonyl (C=O) groups is 2. The molecule has 0 aromatic heterocycles. The van der Waals surface area contributed by atoms with Gasteiger partial charge in [-0.15, -0.1) is 0 Å². The van der Waals surface area contributed by atoms with E-state index in [2.05, 4.69) is 5.32 Å². The standard InChI is InChI=1S/C12H12F2N2O3/c13-8-1-2-10(9(14)4-8)15-12(19)16-5-7(6-16)3-11(17)18/h1-2,4,7H,3,5-6H2,(H,15,19)(H,17,18). The van der Waals surface area contributed by atoms with E-state index >= 15 is 0 Å². The summed E-state index contributed by atoms with van der Waals surface area (Å²) < 4.78 is 26.0. The van der Waals surface area contributed by atoms with Gasteiger partial charge in [0.1, 0.15) is 11.6 Å². The van der Waals surface area contributed by atoms with Crippen molar-refractivity contribution >= 4 is 17.7 Å². The Morgan fingerprint density at radius 1 is 1.37 bits per heavy atom. The number of rotatable bonds is 3. The summed E-state index contributed by atoms with van der Waals surface area (Å²) in [4.78, 5) is 23.5. The van der Waals surface area contributed by atoms with Crippen LogP contribution in [-0.4, -0.2) is 35.1 Å². The Labute approximate surface area is 107 Å². The van der Waals surface area contributed by atoms with Gasteiger partial charge in [-0.1, -0.05) is 0 Å². The molecule has 2 amide bonds. The molecular weight excluding hydrogens is 258 g/mol. The maximum Gasteiger partial charge on any atom is 0.321 e. The van der Waals surface area contributed by atoms with Gasteiger partial charge in [-0.2, -0.15) is 0 Å². The van der Waals surface area contributed by atoms with Crippen molar-refractivity contribution in [2.45, 2.75) is 6.42 Å². The molecule has 1 aliphatic heterocycles. The summed E-state index contributed by atoms with van der Waals surface area (Å²) in [5, 5.41) is 10.9. The monoisotopic (exact) mass is 270 g/mol. The van der Waals surface area contributed by atoms with Gasteiger partial charge in [0, 0.05) is 25.1 Å². The molecule has 0 saturated carbocycles. The molecule has 0 unspecified atom stereocenters. The van der Waals surface area contributed by atoms with Crippen LogP contribution in [0, 0.1) is 17.6 Å². The highest BCUT2D eigenvalue weighted by molar-refractivity contribution is 5.90. The lowest BCUT2D eigenvalue weighted by atomic mass is 9.97. The molecule has 102 valence electrons. The molecule has 0 spiro atoms. The van der Waals surface area contributed by atoms with Crippen molar-refractivity contribution in [2.75, 3.05) is 18.4 Å². The molecule has 0 bridgehead atoms. The first kappa shape index (κ1) is 13.3. The van der Waals surface area contributed by atoms with Crippen molar-refractivity contribution in [3.63, 3.8) is 0 Å². The summed E-state index contributed by atoms with van der Waals surface area (Å²) in [6.07, 6.45) is 0.00862. The molecule has 1 aromatic carbocycles. The van der Waals surface area contributed by atoms with Crippen molar-refractivity contribution in [2.24, 2.45) is 5.92 Å². The van der Waals surface area contributed by atoms with E-state index in [0.29, 0.717) is 19.2 Å². The number of nitrogens with zero attached hydrogens (tertiary/aromatic N) is 1. The topological polar surface area (TPSA) is 69.6 Å². The summed E-state index contributed by atoms with van der Waals surface area (Å²) >= 11 is 0. The number of hydrogen-bond donors (Lipinski definition) is 2. The third-order valence-electron chi connectivity index (χ3n) is 2.88. The Hall–Kier alpha value is -2.18. The lowest BCUT2D eigenvalue weighted by molar-refractivity contribution is -0.139. The largest absolute Gasteiger partial charge is 0.481 e. The summed E-state index contributed by atoms with van der Waals surface area (Å²) in [5.41, 5.74) is -0.104. The third kappa shape index (κ3) is 3.18.